The van der Waals surface area contributed by atoms with Crippen LogP contribution in [-0.2, 0) is 20.8 Å². The minimum atomic E-state index is -2.74. The number of carbonyl (C=O) groups is 4. The zero-order valence-corrected chi connectivity index (χ0v) is 23.3. The second-order valence-corrected chi connectivity index (χ2v) is 10.1. The van der Waals surface area contributed by atoms with Gasteiger partial charge in [0.2, 0.25) is 0 Å². The third-order valence-corrected chi connectivity index (χ3v) is 6.74. The van der Waals surface area contributed by atoms with E-state index in [0.29, 0.717) is 5.56 Å². The van der Waals surface area contributed by atoms with Gasteiger partial charge in [-0.2, -0.15) is 0 Å². The van der Waals surface area contributed by atoms with Crippen molar-refractivity contribution in [3.05, 3.63) is 93.8 Å². The Bertz CT molecular complexity index is 1810. The first kappa shape index (κ1) is 30.5. The lowest BCUT2D eigenvalue weighted by Gasteiger charge is -2.18. The number of rotatable bonds is 8. The van der Waals surface area contributed by atoms with Crippen molar-refractivity contribution in [1.82, 2.24) is 15.2 Å². The zero-order chi connectivity index (χ0) is 31.3. The molecule has 12 heteroatoms. The fraction of sp³-hybridized carbons (Fsp3) is 0.194. The number of likely N-dealkylation sites (N-methyl/N-ethyl adjacent to an activating group) is 1. The molecule has 5 rings (SSSR count). The maximum absolute atomic E-state index is 12.9. The van der Waals surface area contributed by atoms with Gasteiger partial charge in [-0.3, -0.25) is 19.4 Å². The lowest BCUT2D eigenvalue weighted by molar-refractivity contribution is -0.170. The number of carbonyl (C=O) groups excluding carboxylic acids is 1. The molecule has 2 aliphatic carbocycles. The third kappa shape index (κ3) is 7.24. The summed E-state index contributed by atoms with van der Waals surface area (Å²) in [5.41, 5.74) is 3.65. The summed E-state index contributed by atoms with van der Waals surface area (Å²) < 4.78 is 6.03. The summed E-state index contributed by atoms with van der Waals surface area (Å²) in [6, 6.07) is 7.52. The van der Waals surface area contributed by atoms with Crippen molar-refractivity contribution in [2.24, 2.45) is 0 Å². The Hall–Kier alpha value is -5.49. The van der Waals surface area contributed by atoms with Gasteiger partial charge in [-0.25, -0.2) is 4.79 Å². The number of furan rings is 1. The predicted octanol–water partition coefficient (Wildman–Crippen LogP) is 1.48. The summed E-state index contributed by atoms with van der Waals surface area (Å²) in [6.07, 6.45) is 13.8. The second-order valence-electron chi connectivity index (χ2n) is 10.1. The van der Waals surface area contributed by atoms with E-state index in [1.165, 1.54) is 5.70 Å². The van der Waals surface area contributed by atoms with Gasteiger partial charge in [0.05, 0.1) is 12.8 Å². The number of hydrogen-bond acceptors (Lipinski definition) is 8. The van der Waals surface area contributed by atoms with Crippen LogP contribution in [0.1, 0.15) is 34.3 Å². The summed E-state index contributed by atoms with van der Waals surface area (Å²) in [4.78, 5) is 49.6. The highest BCUT2D eigenvalue weighted by Gasteiger charge is 2.40. The van der Waals surface area contributed by atoms with Gasteiger partial charge in [-0.15, -0.1) is 0 Å². The number of aliphatic hydroxyl groups is 1. The molecule has 222 valence electrons. The SMILES string of the molecule is CN(C)C1=CC=c2oc3c(c2C1)C=C(NC(=O)c1ccc2cnccc2c1)C=CC=3.O=C(O)CC(O)(CC(=O)O)C(=O)O. The van der Waals surface area contributed by atoms with E-state index >= 15 is 0 Å². The van der Waals surface area contributed by atoms with Gasteiger partial charge in [0, 0.05) is 66.4 Å². The Balaban J connectivity index is 0.000000277. The number of aliphatic carboxylic acids is 3. The van der Waals surface area contributed by atoms with E-state index in [2.05, 4.69) is 21.3 Å². The van der Waals surface area contributed by atoms with Crippen LogP contribution >= 0.6 is 0 Å². The molecule has 2 aromatic heterocycles. The number of carboxylic acids is 3. The Morgan fingerprint density at radius 2 is 1.70 bits per heavy atom. The maximum atomic E-state index is 12.9. The van der Waals surface area contributed by atoms with E-state index in [1.807, 2.05) is 68.7 Å². The van der Waals surface area contributed by atoms with Gasteiger partial charge in [0.1, 0.15) is 10.8 Å². The third-order valence-electron chi connectivity index (χ3n) is 6.74. The molecule has 0 atom stereocenters. The number of aromatic nitrogens is 1. The molecule has 0 aliphatic heterocycles. The smallest absolute Gasteiger partial charge is 0.336 e. The summed E-state index contributed by atoms with van der Waals surface area (Å²) in [7, 11) is 4.08. The fourth-order valence-electron chi connectivity index (χ4n) is 4.50. The highest BCUT2D eigenvalue weighted by atomic mass is 16.4. The Labute approximate surface area is 244 Å². The van der Waals surface area contributed by atoms with Gasteiger partial charge in [-0.05, 0) is 54.0 Å². The minimum absolute atomic E-state index is 0.147. The van der Waals surface area contributed by atoms with E-state index in [1.54, 1.807) is 12.4 Å². The Morgan fingerprint density at radius 3 is 2.35 bits per heavy atom. The van der Waals surface area contributed by atoms with Crippen LogP contribution in [0.2, 0.25) is 0 Å². The van der Waals surface area contributed by atoms with Crippen molar-refractivity contribution < 1.29 is 44.0 Å². The largest absolute Gasteiger partial charge is 0.481 e. The first-order chi connectivity index (χ1) is 20.4. The number of nitrogens with one attached hydrogen (secondary N) is 1. The predicted molar refractivity (Wildman–Crippen MR) is 156 cm³/mol. The van der Waals surface area contributed by atoms with Crippen LogP contribution in [0.4, 0.5) is 0 Å². The number of amides is 1. The number of benzene rings is 1. The molecule has 0 fully saturated rings. The summed E-state index contributed by atoms with van der Waals surface area (Å²) in [5.74, 6) is -5.17. The molecular formula is C31H29N3O9. The first-order valence-corrected chi connectivity index (χ1v) is 13.0. The van der Waals surface area contributed by atoms with Crippen LogP contribution in [0, 0.1) is 0 Å². The maximum Gasteiger partial charge on any atom is 0.336 e. The second kappa shape index (κ2) is 12.6. The van der Waals surface area contributed by atoms with Crippen LogP contribution < -0.4 is 16.1 Å². The lowest BCUT2D eigenvalue weighted by Crippen LogP contribution is -2.42. The summed E-state index contributed by atoms with van der Waals surface area (Å²) >= 11 is 0. The van der Waals surface area contributed by atoms with Gasteiger partial charge >= 0.3 is 17.9 Å². The zero-order valence-electron chi connectivity index (χ0n) is 23.3. The van der Waals surface area contributed by atoms with E-state index in [9.17, 15) is 19.2 Å². The van der Waals surface area contributed by atoms with E-state index < -0.39 is 36.4 Å². The number of pyridine rings is 1. The van der Waals surface area contributed by atoms with E-state index in [4.69, 9.17) is 24.8 Å². The van der Waals surface area contributed by atoms with Crippen molar-refractivity contribution in [3.8, 4) is 0 Å². The molecular weight excluding hydrogens is 558 g/mol. The van der Waals surface area contributed by atoms with Crippen molar-refractivity contribution in [1.29, 1.82) is 0 Å². The van der Waals surface area contributed by atoms with Crippen molar-refractivity contribution >= 4 is 52.8 Å². The molecule has 43 heavy (non-hydrogen) atoms. The molecule has 2 aliphatic rings. The summed E-state index contributed by atoms with van der Waals surface area (Å²) in [6.45, 7) is 0. The van der Waals surface area contributed by atoms with Crippen molar-refractivity contribution in [2.75, 3.05) is 14.1 Å². The highest BCUT2D eigenvalue weighted by Crippen LogP contribution is 2.19. The number of allylic oxidation sites excluding steroid dienone is 4. The molecule has 1 amide bonds. The van der Waals surface area contributed by atoms with E-state index in [0.717, 1.165) is 44.8 Å². The average molecular weight is 588 g/mol. The molecule has 0 unspecified atom stereocenters. The number of nitrogens with zero attached hydrogens (tertiary/aromatic N) is 2. The molecule has 3 aromatic rings. The molecule has 0 saturated carbocycles. The Morgan fingerprint density at radius 1 is 0.977 bits per heavy atom. The lowest BCUT2D eigenvalue weighted by atomic mass is 9.96. The molecule has 5 N–H and O–H groups in total. The topological polar surface area (TPSA) is 190 Å². The average Bonchev–Trinajstić information content (AvgIpc) is 3.15. The first-order valence-electron chi connectivity index (χ1n) is 13.0. The molecule has 0 radical (unpaired) electrons. The quantitative estimate of drug-likeness (QED) is 0.257. The molecule has 0 bridgehead atoms. The van der Waals surface area contributed by atoms with Gasteiger partial charge in [-0.1, -0.05) is 12.1 Å². The van der Waals surface area contributed by atoms with Crippen LogP contribution in [0.5, 0.6) is 0 Å². The molecule has 0 saturated heterocycles. The molecule has 2 heterocycles. The summed E-state index contributed by atoms with van der Waals surface area (Å²) in [5, 5.41) is 38.8. The number of carboxylic acid groups (broad SMARTS) is 3. The van der Waals surface area contributed by atoms with Gasteiger partial charge in [0.25, 0.3) is 5.91 Å². The standard InChI is InChI=1S/C25H21N3O2.C6H8O7/c1-28(2)20-8-9-24-22(14-20)21-13-19(4-3-5-23(21)30-24)27-25(29)17-6-7-18-15-26-11-10-16(18)12-17;7-3(8)1-6(13,5(11)12)2-4(9)10/h3-13,15H,14H2,1-2H3,(H,27,29);13H,1-2H2,(H,7,8)(H,9,10)(H,11,12). The highest BCUT2D eigenvalue weighted by molar-refractivity contribution is 6.00. The van der Waals surface area contributed by atoms with Crippen LogP contribution in [0.3, 0.4) is 0 Å². The van der Waals surface area contributed by atoms with Crippen molar-refractivity contribution in [2.45, 2.75) is 24.9 Å². The Kier molecular flexibility index (Phi) is 8.91. The van der Waals surface area contributed by atoms with Crippen molar-refractivity contribution in [3.63, 3.8) is 0 Å². The van der Waals surface area contributed by atoms with Crippen LogP contribution in [0.15, 0.2) is 70.7 Å². The minimum Gasteiger partial charge on any atom is -0.481 e. The van der Waals surface area contributed by atoms with Gasteiger partial charge < -0.3 is 35.1 Å². The van der Waals surface area contributed by atoms with Crippen LogP contribution in [0.25, 0.3) is 29.0 Å². The van der Waals surface area contributed by atoms with Gasteiger partial charge in [0.15, 0.2) is 5.60 Å². The molecule has 1 aromatic carbocycles. The number of hydrogen-bond donors (Lipinski definition) is 5. The fourth-order valence-corrected chi connectivity index (χ4v) is 4.50. The monoisotopic (exact) mass is 587 g/mol. The molecule has 12 nitrogen and oxygen atoms in total. The molecule has 0 spiro atoms. The normalized spacial score (nSPS) is 13.4. The number of fused-ring (bicyclic) bond motifs is 4. The van der Waals surface area contributed by atoms with Crippen LogP contribution in [-0.4, -0.2) is 73.8 Å². The van der Waals surface area contributed by atoms with E-state index in [-0.39, 0.29) is 5.91 Å².